The van der Waals surface area contributed by atoms with Crippen molar-refractivity contribution in [3.8, 4) is 0 Å². The van der Waals surface area contributed by atoms with E-state index in [2.05, 4.69) is 15.3 Å². The van der Waals surface area contributed by atoms with Crippen molar-refractivity contribution in [3.05, 3.63) is 56.6 Å². The molecule has 2 aromatic heterocycles. The number of nitrogens with zero attached hydrogens (tertiary/aromatic N) is 3. The maximum absolute atomic E-state index is 12.3. The molecule has 8 nitrogen and oxygen atoms in total. The minimum Gasteiger partial charge on any atom is -0.353 e. The van der Waals surface area contributed by atoms with E-state index in [9.17, 15) is 14.9 Å². The number of benzene rings is 1. The van der Waals surface area contributed by atoms with Crippen molar-refractivity contribution in [3.63, 3.8) is 0 Å². The molecular formula is C17H19N5O3. The molecule has 0 spiro atoms. The number of aryl methyl sites for hydroxylation is 1. The summed E-state index contributed by atoms with van der Waals surface area (Å²) < 4.78 is 1.63. The summed E-state index contributed by atoms with van der Waals surface area (Å²) in [6.07, 6.45) is 2.42. The van der Waals surface area contributed by atoms with E-state index in [1.807, 2.05) is 20.8 Å². The van der Waals surface area contributed by atoms with Crippen LogP contribution in [0.1, 0.15) is 31.9 Å². The number of non-ortho nitro benzene ring substituents is 1. The van der Waals surface area contributed by atoms with Gasteiger partial charge in [-0.1, -0.05) is 13.0 Å². The molecule has 2 heterocycles. The predicted octanol–water partition coefficient (Wildman–Crippen LogP) is 3.66. The second kappa shape index (κ2) is 6.39. The molecule has 0 bridgehead atoms. The van der Waals surface area contributed by atoms with Crippen molar-refractivity contribution < 1.29 is 4.92 Å². The molecular weight excluding hydrogens is 322 g/mol. The molecule has 8 heteroatoms. The number of nitro groups is 1. The number of pyridine rings is 1. The molecule has 0 amide bonds. The molecule has 0 aliphatic heterocycles. The quantitative estimate of drug-likeness (QED) is 0.544. The molecule has 0 aliphatic carbocycles. The van der Waals surface area contributed by atoms with Gasteiger partial charge in [-0.05, 0) is 31.9 Å². The Kier molecular flexibility index (Phi) is 4.26. The molecule has 0 aliphatic rings. The molecule has 2 N–H and O–H groups in total. The van der Waals surface area contributed by atoms with Gasteiger partial charge in [0.1, 0.15) is 5.52 Å². The van der Waals surface area contributed by atoms with Crippen molar-refractivity contribution >= 4 is 28.2 Å². The van der Waals surface area contributed by atoms with Crippen LogP contribution in [0.15, 0.2) is 35.3 Å². The summed E-state index contributed by atoms with van der Waals surface area (Å²) in [6, 6.07) is 6.38. The van der Waals surface area contributed by atoms with Gasteiger partial charge in [0.2, 0.25) is 0 Å². The molecule has 130 valence electrons. The number of aromatic amines is 1. The number of fused-ring (bicyclic) bond motifs is 1. The predicted molar refractivity (Wildman–Crippen MR) is 96.5 cm³/mol. The largest absolute Gasteiger partial charge is 0.353 e. The molecule has 0 fully saturated rings. The van der Waals surface area contributed by atoms with Crippen LogP contribution in [0.5, 0.6) is 0 Å². The lowest BCUT2D eigenvalue weighted by Crippen LogP contribution is -2.20. The average Bonchev–Trinajstić information content (AvgIpc) is 2.93. The smallest absolute Gasteiger partial charge is 0.327 e. The number of nitrogens with one attached hydrogen (secondary N) is 2. The summed E-state index contributed by atoms with van der Waals surface area (Å²) in [5, 5.41) is 14.2. The monoisotopic (exact) mass is 341 g/mol. The Morgan fingerprint density at radius 1 is 1.36 bits per heavy atom. The van der Waals surface area contributed by atoms with Gasteiger partial charge in [-0.3, -0.25) is 14.7 Å². The van der Waals surface area contributed by atoms with Crippen LogP contribution in [0.25, 0.3) is 11.2 Å². The summed E-state index contributed by atoms with van der Waals surface area (Å²) in [5.41, 5.74) is 3.04. The Hall–Kier alpha value is -3.16. The summed E-state index contributed by atoms with van der Waals surface area (Å²) in [4.78, 5) is 30.0. The fourth-order valence-corrected chi connectivity index (χ4v) is 2.72. The lowest BCUT2D eigenvalue weighted by atomic mass is 10.1. The highest BCUT2D eigenvalue weighted by molar-refractivity contribution is 5.88. The van der Waals surface area contributed by atoms with Gasteiger partial charge in [0.05, 0.1) is 10.6 Å². The zero-order valence-electron chi connectivity index (χ0n) is 14.2. The van der Waals surface area contributed by atoms with Crippen LogP contribution in [0.2, 0.25) is 0 Å². The highest BCUT2D eigenvalue weighted by Crippen LogP contribution is 2.28. The van der Waals surface area contributed by atoms with E-state index in [0.717, 1.165) is 12.0 Å². The minimum atomic E-state index is -0.436. The van der Waals surface area contributed by atoms with E-state index in [1.54, 1.807) is 22.9 Å². The molecule has 3 rings (SSSR count). The van der Waals surface area contributed by atoms with Crippen LogP contribution in [0.4, 0.5) is 17.1 Å². The number of rotatable bonds is 5. The zero-order chi connectivity index (χ0) is 18.1. The first-order chi connectivity index (χ1) is 11.9. The summed E-state index contributed by atoms with van der Waals surface area (Å²) >= 11 is 0. The van der Waals surface area contributed by atoms with Gasteiger partial charge in [-0.2, -0.15) is 0 Å². The first-order valence-electron chi connectivity index (χ1n) is 8.03. The maximum atomic E-state index is 12.3. The second-order valence-electron chi connectivity index (χ2n) is 6.00. The van der Waals surface area contributed by atoms with Gasteiger partial charge >= 0.3 is 5.69 Å². The normalized spacial score (nSPS) is 12.3. The lowest BCUT2D eigenvalue weighted by Gasteiger charge is -2.12. The second-order valence-corrected chi connectivity index (χ2v) is 6.00. The van der Waals surface area contributed by atoms with Gasteiger partial charge in [-0.15, -0.1) is 0 Å². The third kappa shape index (κ3) is 2.98. The van der Waals surface area contributed by atoms with E-state index < -0.39 is 4.92 Å². The topological polar surface area (TPSA) is 106 Å². The van der Waals surface area contributed by atoms with E-state index in [0.29, 0.717) is 22.5 Å². The number of imidazole rings is 1. The number of hydrogen-bond donors (Lipinski definition) is 2. The van der Waals surface area contributed by atoms with E-state index in [-0.39, 0.29) is 17.4 Å². The van der Waals surface area contributed by atoms with E-state index >= 15 is 0 Å². The van der Waals surface area contributed by atoms with Crippen LogP contribution in [0, 0.1) is 17.0 Å². The molecule has 1 unspecified atom stereocenters. The maximum Gasteiger partial charge on any atom is 0.327 e. The Morgan fingerprint density at radius 2 is 2.12 bits per heavy atom. The van der Waals surface area contributed by atoms with Crippen molar-refractivity contribution in [2.45, 2.75) is 33.2 Å². The molecule has 0 saturated carbocycles. The number of anilines is 2. The van der Waals surface area contributed by atoms with E-state index in [1.165, 1.54) is 12.1 Å². The SMILES string of the molecule is CCC(C)n1c(=O)[nH]c2c(Nc3cc([N+](=O)[O-])ccc3C)ccnc21. The molecule has 1 atom stereocenters. The average molecular weight is 341 g/mol. The standard InChI is InChI=1S/C17H19N5O3/c1-4-11(3)21-16-15(20-17(21)23)13(7-8-18-16)19-14-9-12(22(24)25)6-5-10(14)2/h5-9,11H,4H2,1-3H3,(H,18,19)(H,20,23). The summed E-state index contributed by atoms with van der Waals surface area (Å²) in [5.74, 6) is 0. The van der Waals surface area contributed by atoms with Gasteiger partial charge < -0.3 is 10.3 Å². The highest BCUT2D eigenvalue weighted by Gasteiger charge is 2.16. The van der Waals surface area contributed by atoms with Crippen LogP contribution >= 0.6 is 0 Å². The minimum absolute atomic E-state index is 0.00377. The fourth-order valence-electron chi connectivity index (χ4n) is 2.72. The summed E-state index contributed by atoms with van der Waals surface area (Å²) in [7, 11) is 0. The van der Waals surface area contributed by atoms with Crippen molar-refractivity contribution in [1.82, 2.24) is 14.5 Å². The van der Waals surface area contributed by atoms with Crippen LogP contribution < -0.4 is 11.0 Å². The molecule has 0 radical (unpaired) electrons. The third-order valence-corrected chi connectivity index (χ3v) is 4.34. The van der Waals surface area contributed by atoms with Crippen LogP contribution in [-0.4, -0.2) is 19.5 Å². The van der Waals surface area contributed by atoms with Gasteiger partial charge in [0.15, 0.2) is 5.65 Å². The Balaban J connectivity index is 2.11. The number of hydrogen-bond acceptors (Lipinski definition) is 5. The molecule has 25 heavy (non-hydrogen) atoms. The summed E-state index contributed by atoms with van der Waals surface area (Å²) in [6.45, 7) is 5.82. The number of nitro benzene ring substituents is 1. The Bertz CT molecular complexity index is 1010. The third-order valence-electron chi connectivity index (χ3n) is 4.34. The highest BCUT2D eigenvalue weighted by atomic mass is 16.6. The number of aromatic nitrogens is 3. The van der Waals surface area contributed by atoms with Gasteiger partial charge in [0.25, 0.3) is 5.69 Å². The van der Waals surface area contributed by atoms with Crippen LogP contribution in [0.3, 0.4) is 0 Å². The van der Waals surface area contributed by atoms with E-state index in [4.69, 9.17) is 0 Å². The first-order valence-corrected chi connectivity index (χ1v) is 8.03. The van der Waals surface area contributed by atoms with Crippen LogP contribution in [-0.2, 0) is 0 Å². The zero-order valence-corrected chi connectivity index (χ0v) is 14.2. The van der Waals surface area contributed by atoms with Crippen molar-refractivity contribution in [2.24, 2.45) is 0 Å². The van der Waals surface area contributed by atoms with Gasteiger partial charge in [0, 0.05) is 30.1 Å². The fraction of sp³-hybridized carbons (Fsp3) is 0.294. The van der Waals surface area contributed by atoms with Crippen molar-refractivity contribution in [1.29, 1.82) is 0 Å². The lowest BCUT2D eigenvalue weighted by molar-refractivity contribution is -0.384. The Morgan fingerprint density at radius 3 is 2.80 bits per heavy atom. The van der Waals surface area contributed by atoms with Gasteiger partial charge in [-0.25, -0.2) is 9.78 Å². The Labute approximate surface area is 143 Å². The first kappa shape index (κ1) is 16.7. The molecule has 1 aromatic carbocycles. The molecule has 3 aromatic rings. The molecule has 0 saturated heterocycles. The number of H-pyrrole nitrogens is 1. The van der Waals surface area contributed by atoms with Crippen molar-refractivity contribution in [2.75, 3.05) is 5.32 Å².